The molecule has 4 rings (SSSR count). The number of aliphatic hydroxyl groups is 1. The van der Waals surface area contributed by atoms with E-state index in [1.54, 1.807) is 0 Å². The Balaban J connectivity index is 1.42. The summed E-state index contributed by atoms with van der Waals surface area (Å²) >= 11 is 0. The summed E-state index contributed by atoms with van der Waals surface area (Å²) in [5.74, 6) is 1.48. The van der Waals surface area contributed by atoms with E-state index < -0.39 is 5.60 Å². The van der Waals surface area contributed by atoms with Gasteiger partial charge < -0.3 is 15.7 Å². The number of hydrogen-bond acceptors (Lipinski definition) is 7. The van der Waals surface area contributed by atoms with Gasteiger partial charge in [0.05, 0.1) is 6.20 Å². The van der Waals surface area contributed by atoms with E-state index in [0.717, 1.165) is 24.3 Å². The molecule has 1 aromatic carbocycles. The lowest BCUT2D eigenvalue weighted by atomic mass is 9.87. The lowest BCUT2D eigenvalue weighted by Gasteiger charge is -2.27. The van der Waals surface area contributed by atoms with Crippen molar-refractivity contribution >= 4 is 17.5 Å². The van der Waals surface area contributed by atoms with E-state index >= 15 is 0 Å². The van der Waals surface area contributed by atoms with Crippen LogP contribution in [0.5, 0.6) is 0 Å². The Morgan fingerprint density at radius 2 is 2.03 bits per heavy atom. The number of Topliss-reactive ketones (excluding diaryl/α,β-unsaturated/α-hetero) is 1. The first-order valence-electron chi connectivity index (χ1n) is 10.6. The van der Waals surface area contributed by atoms with E-state index in [-0.39, 0.29) is 18.6 Å². The minimum absolute atomic E-state index is 0.180. The van der Waals surface area contributed by atoms with Crippen molar-refractivity contribution in [3.05, 3.63) is 47.2 Å². The number of aromatic nitrogens is 2. The number of carbonyl (C=O) groups is 1. The predicted octanol–water partition coefficient (Wildman–Crippen LogP) is 3.15. The molecule has 30 heavy (non-hydrogen) atoms. The lowest BCUT2D eigenvalue weighted by molar-refractivity contribution is -0.136. The molecule has 0 radical (unpaired) electrons. The fraction of sp³-hybridized carbons (Fsp3) is 0.478. The highest BCUT2D eigenvalue weighted by Gasteiger charge is 2.43. The van der Waals surface area contributed by atoms with Crippen LogP contribution in [0.2, 0.25) is 0 Å². The van der Waals surface area contributed by atoms with Gasteiger partial charge in [-0.2, -0.15) is 10.2 Å². The molecule has 7 heteroatoms. The summed E-state index contributed by atoms with van der Waals surface area (Å²) < 4.78 is 0. The standard InChI is InChI=1S/C23H27N5O2/c1-15-6-8-18(9-7-15)27-21-17(13-24)14-26-22(28-21)25-11-10-23(30)19-5-3-2-4-16(19)12-20(23)29/h2-5,14-15,18,30H,6-12H2,1H3,(H2,25,26,27,28). The number of fused-ring (bicyclic) bond motifs is 1. The topological polar surface area (TPSA) is 111 Å². The van der Waals surface area contributed by atoms with Crippen molar-refractivity contribution in [3.8, 4) is 6.07 Å². The van der Waals surface area contributed by atoms with Gasteiger partial charge in [0.1, 0.15) is 23.1 Å². The zero-order chi connectivity index (χ0) is 21.1. The van der Waals surface area contributed by atoms with Crippen LogP contribution in [0.15, 0.2) is 30.5 Å². The molecular weight excluding hydrogens is 378 g/mol. The summed E-state index contributed by atoms with van der Waals surface area (Å²) in [6, 6.07) is 9.86. The van der Waals surface area contributed by atoms with Crippen molar-refractivity contribution in [3.63, 3.8) is 0 Å². The summed E-state index contributed by atoms with van der Waals surface area (Å²) in [6.07, 6.45) is 6.46. The van der Waals surface area contributed by atoms with Crippen LogP contribution in [0, 0.1) is 17.2 Å². The number of hydrogen-bond donors (Lipinski definition) is 3. The fourth-order valence-electron chi connectivity index (χ4n) is 4.43. The van der Waals surface area contributed by atoms with Crippen molar-refractivity contribution in [2.75, 3.05) is 17.2 Å². The van der Waals surface area contributed by atoms with Crippen LogP contribution in [-0.4, -0.2) is 33.4 Å². The number of rotatable bonds is 6. The van der Waals surface area contributed by atoms with E-state index in [1.165, 1.54) is 19.0 Å². The first kappa shape index (κ1) is 20.3. The smallest absolute Gasteiger partial charge is 0.224 e. The molecule has 0 spiro atoms. The number of benzene rings is 1. The molecule has 7 nitrogen and oxygen atoms in total. The number of nitrogens with one attached hydrogen (secondary N) is 2. The van der Waals surface area contributed by atoms with Crippen LogP contribution in [0.1, 0.15) is 55.7 Å². The Bertz CT molecular complexity index is 978. The minimum Gasteiger partial charge on any atom is -0.377 e. The fourth-order valence-corrected chi connectivity index (χ4v) is 4.43. The van der Waals surface area contributed by atoms with Crippen molar-refractivity contribution in [1.29, 1.82) is 5.26 Å². The maximum Gasteiger partial charge on any atom is 0.224 e. The highest BCUT2D eigenvalue weighted by atomic mass is 16.3. The average molecular weight is 406 g/mol. The largest absolute Gasteiger partial charge is 0.377 e. The van der Waals surface area contributed by atoms with Gasteiger partial charge in [0.15, 0.2) is 5.78 Å². The van der Waals surface area contributed by atoms with Gasteiger partial charge in [-0.05, 0) is 42.7 Å². The highest BCUT2D eigenvalue weighted by Crippen LogP contribution is 2.36. The van der Waals surface area contributed by atoms with Gasteiger partial charge in [-0.1, -0.05) is 31.2 Å². The Hall–Kier alpha value is -2.98. The van der Waals surface area contributed by atoms with Crippen LogP contribution < -0.4 is 10.6 Å². The molecule has 2 aromatic rings. The van der Waals surface area contributed by atoms with Crippen LogP contribution in [0.4, 0.5) is 11.8 Å². The molecule has 156 valence electrons. The normalized spacial score (nSPS) is 25.4. The van der Waals surface area contributed by atoms with E-state index in [4.69, 9.17) is 0 Å². The number of nitriles is 1. The lowest BCUT2D eigenvalue weighted by Crippen LogP contribution is -2.34. The van der Waals surface area contributed by atoms with Gasteiger partial charge in [-0.25, -0.2) is 4.98 Å². The Kier molecular flexibility index (Phi) is 5.69. The molecule has 2 aliphatic carbocycles. The molecular formula is C23H27N5O2. The molecule has 1 unspecified atom stereocenters. The van der Waals surface area contributed by atoms with Gasteiger partial charge in [0, 0.05) is 25.4 Å². The summed E-state index contributed by atoms with van der Waals surface area (Å²) in [7, 11) is 0. The van der Waals surface area contributed by atoms with Gasteiger partial charge in [0.25, 0.3) is 0 Å². The van der Waals surface area contributed by atoms with Crippen molar-refractivity contribution in [2.24, 2.45) is 5.92 Å². The van der Waals surface area contributed by atoms with Gasteiger partial charge in [-0.15, -0.1) is 0 Å². The minimum atomic E-state index is -1.48. The summed E-state index contributed by atoms with van der Waals surface area (Å²) in [5, 5.41) is 26.9. The first-order valence-corrected chi connectivity index (χ1v) is 10.6. The molecule has 3 N–H and O–H groups in total. The Labute approximate surface area is 176 Å². The van der Waals surface area contributed by atoms with Crippen molar-refractivity contribution in [1.82, 2.24) is 9.97 Å². The zero-order valence-corrected chi connectivity index (χ0v) is 17.2. The summed E-state index contributed by atoms with van der Waals surface area (Å²) in [4.78, 5) is 21.1. The third kappa shape index (κ3) is 4.01. The molecule has 1 saturated carbocycles. The average Bonchev–Trinajstić information content (AvgIpc) is 3.00. The first-order chi connectivity index (χ1) is 14.5. The Morgan fingerprint density at radius 1 is 1.27 bits per heavy atom. The van der Waals surface area contributed by atoms with Gasteiger partial charge >= 0.3 is 0 Å². The molecule has 0 amide bonds. The molecule has 0 aliphatic heterocycles. The Morgan fingerprint density at radius 3 is 2.80 bits per heavy atom. The number of nitrogens with zero attached hydrogens (tertiary/aromatic N) is 3. The highest BCUT2D eigenvalue weighted by molar-refractivity contribution is 5.94. The second-order valence-corrected chi connectivity index (χ2v) is 8.46. The molecule has 0 bridgehead atoms. The van der Waals surface area contributed by atoms with Gasteiger partial charge in [0.2, 0.25) is 5.95 Å². The van der Waals surface area contributed by atoms with Gasteiger partial charge in [-0.3, -0.25) is 4.79 Å². The quantitative estimate of drug-likeness (QED) is 0.677. The molecule has 2 aliphatic rings. The molecule has 1 aromatic heterocycles. The monoisotopic (exact) mass is 405 g/mol. The third-order valence-electron chi connectivity index (χ3n) is 6.31. The van der Waals surface area contributed by atoms with E-state index in [2.05, 4.69) is 33.6 Å². The molecule has 1 atom stereocenters. The summed E-state index contributed by atoms with van der Waals surface area (Å²) in [5.41, 5.74) is 0.507. The zero-order valence-electron chi connectivity index (χ0n) is 17.2. The number of ketones is 1. The van der Waals surface area contributed by atoms with E-state index in [9.17, 15) is 15.2 Å². The third-order valence-corrected chi connectivity index (χ3v) is 6.31. The van der Waals surface area contributed by atoms with Crippen LogP contribution in [0.25, 0.3) is 0 Å². The van der Waals surface area contributed by atoms with E-state index in [0.29, 0.717) is 35.5 Å². The van der Waals surface area contributed by atoms with Crippen LogP contribution in [-0.2, 0) is 16.8 Å². The van der Waals surface area contributed by atoms with Crippen LogP contribution in [0.3, 0.4) is 0 Å². The summed E-state index contributed by atoms with van der Waals surface area (Å²) in [6.45, 7) is 2.61. The number of anilines is 2. The molecule has 1 heterocycles. The second kappa shape index (κ2) is 8.41. The van der Waals surface area contributed by atoms with Crippen molar-refractivity contribution in [2.45, 2.75) is 57.1 Å². The van der Waals surface area contributed by atoms with E-state index in [1.807, 2.05) is 24.3 Å². The predicted molar refractivity (Wildman–Crippen MR) is 114 cm³/mol. The SMILES string of the molecule is CC1CCC(Nc2nc(NCCC3(O)C(=O)Cc4ccccc43)ncc2C#N)CC1. The second-order valence-electron chi connectivity index (χ2n) is 8.46. The number of carbonyl (C=O) groups excluding carboxylic acids is 1. The molecule has 1 fully saturated rings. The molecule has 0 saturated heterocycles. The maximum atomic E-state index is 12.4. The van der Waals surface area contributed by atoms with Crippen molar-refractivity contribution < 1.29 is 9.90 Å². The maximum absolute atomic E-state index is 12.4. The van der Waals surface area contributed by atoms with Crippen LogP contribution >= 0.6 is 0 Å².